The van der Waals surface area contributed by atoms with Crippen molar-refractivity contribution in [1.82, 2.24) is 19.6 Å². The second kappa shape index (κ2) is 7.00. The van der Waals surface area contributed by atoms with Crippen molar-refractivity contribution in [2.24, 2.45) is 0 Å². The van der Waals surface area contributed by atoms with Gasteiger partial charge in [-0.1, -0.05) is 25.1 Å². The van der Waals surface area contributed by atoms with E-state index >= 15 is 0 Å². The Hall–Kier alpha value is -2.14. The van der Waals surface area contributed by atoms with Crippen molar-refractivity contribution in [1.29, 1.82) is 0 Å². The van der Waals surface area contributed by atoms with Crippen molar-refractivity contribution < 1.29 is 4.79 Å². The quantitative estimate of drug-likeness (QED) is 0.861. The van der Waals surface area contributed by atoms with Crippen LogP contribution in [0.15, 0.2) is 42.6 Å². The zero-order valence-corrected chi connectivity index (χ0v) is 14.8. The molecule has 0 bridgehead atoms. The third kappa shape index (κ3) is 3.09. The van der Waals surface area contributed by atoms with Crippen molar-refractivity contribution in [3.05, 3.63) is 48.3 Å². The van der Waals surface area contributed by atoms with E-state index in [0.717, 1.165) is 31.6 Å². The molecular weight excluding hydrogens is 312 g/mol. The van der Waals surface area contributed by atoms with E-state index in [0.29, 0.717) is 17.8 Å². The standard InChI is InChI=1S/C20H26N4O/c1-2-22-13-6-10-18(22)19-11-7-14-23(19)20(25)17-12-15-24(21-17)16-8-4-3-5-9-16/h3-5,8-9,12,15,18-19H,2,6-7,10-11,13-14H2,1H3. The molecular formula is C20H26N4O. The molecule has 0 spiro atoms. The van der Waals surface area contributed by atoms with Crippen molar-refractivity contribution >= 4 is 5.91 Å². The predicted molar refractivity (Wildman–Crippen MR) is 97.9 cm³/mol. The zero-order valence-electron chi connectivity index (χ0n) is 14.8. The minimum atomic E-state index is 0.0835. The van der Waals surface area contributed by atoms with E-state index in [2.05, 4.69) is 21.8 Å². The number of hydrogen-bond donors (Lipinski definition) is 0. The van der Waals surface area contributed by atoms with Crippen molar-refractivity contribution in [2.45, 2.75) is 44.7 Å². The van der Waals surface area contributed by atoms with Crippen molar-refractivity contribution in [3.8, 4) is 5.69 Å². The molecule has 4 rings (SSSR count). The number of likely N-dealkylation sites (N-methyl/N-ethyl adjacent to an activating group) is 1. The highest BCUT2D eigenvalue weighted by Crippen LogP contribution is 2.30. The molecule has 3 heterocycles. The molecule has 5 heteroatoms. The smallest absolute Gasteiger partial charge is 0.274 e. The first-order valence-electron chi connectivity index (χ1n) is 9.44. The van der Waals surface area contributed by atoms with Gasteiger partial charge >= 0.3 is 0 Å². The predicted octanol–water partition coefficient (Wildman–Crippen LogP) is 2.96. The molecule has 1 aromatic carbocycles. The first-order valence-corrected chi connectivity index (χ1v) is 9.44. The Morgan fingerprint density at radius 1 is 1.08 bits per heavy atom. The van der Waals surface area contributed by atoms with Crippen molar-refractivity contribution in [2.75, 3.05) is 19.6 Å². The Bertz CT molecular complexity index is 726. The number of para-hydroxylation sites is 1. The van der Waals surface area contributed by atoms with Gasteiger partial charge in [0.2, 0.25) is 0 Å². The van der Waals surface area contributed by atoms with E-state index in [-0.39, 0.29) is 5.91 Å². The molecule has 2 atom stereocenters. The van der Waals surface area contributed by atoms with E-state index in [1.54, 1.807) is 4.68 Å². The second-order valence-corrected chi connectivity index (χ2v) is 7.03. The Labute approximate surface area is 149 Å². The van der Waals surface area contributed by atoms with Gasteiger partial charge in [-0.3, -0.25) is 9.69 Å². The molecule has 2 aromatic rings. The summed E-state index contributed by atoms with van der Waals surface area (Å²) >= 11 is 0. The van der Waals surface area contributed by atoms with Crippen LogP contribution in [0.4, 0.5) is 0 Å². The molecule has 132 valence electrons. The topological polar surface area (TPSA) is 41.4 Å². The lowest BCUT2D eigenvalue weighted by molar-refractivity contribution is 0.0643. The number of rotatable bonds is 4. The molecule has 0 saturated carbocycles. The number of nitrogens with zero attached hydrogens (tertiary/aromatic N) is 4. The number of likely N-dealkylation sites (tertiary alicyclic amines) is 2. The Balaban J connectivity index is 1.53. The minimum Gasteiger partial charge on any atom is -0.333 e. The zero-order chi connectivity index (χ0) is 17.2. The normalized spacial score (nSPS) is 24.1. The van der Waals surface area contributed by atoms with E-state index in [9.17, 15) is 4.79 Å². The average Bonchev–Trinajstić information content (AvgIpc) is 3.41. The van der Waals surface area contributed by atoms with Gasteiger partial charge in [0.1, 0.15) is 0 Å². The Morgan fingerprint density at radius 2 is 1.84 bits per heavy atom. The van der Waals surface area contributed by atoms with Crippen LogP contribution in [0.25, 0.3) is 5.69 Å². The van der Waals surface area contributed by atoms with Crippen LogP contribution >= 0.6 is 0 Å². The van der Waals surface area contributed by atoms with Gasteiger partial charge in [0.15, 0.2) is 5.69 Å². The summed E-state index contributed by atoms with van der Waals surface area (Å²) in [6.45, 7) is 5.32. The third-order valence-electron chi connectivity index (χ3n) is 5.65. The van der Waals surface area contributed by atoms with Gasteiger partial charge in [-0.15, -0.1) is 0 Å². The van der Waals surface area contributed by atoms with Crippen LogP contribution < -0.4 is 0 Å². The van der Waals surface area contributed by atoms with E-state index in [1.807, 2.05) is 42.6 Å². The molecule has 2 aliphatic heterocycles. The fourth-order valence-electron chi connectivity index (χ4n) is 4.43. The summed E-state index contributed by atoms with van der Waals surface area (Å²) < 4.78 is 1.78. The summed E-state index contributed by atoms with van der Waals surface area (Å²) in [4.78, 5) is 17.7. The van der Waals surface area contributed by atoms with Crippen LogP contribution in [0.2, 0.25) is 0 Å². The Morgan fingerprint density at radius 3 is 2.64 bits per heavy atom. The minimum absolute atomic E-state index is 0.0835. The van der Waals surface area contributed by atoms with Crippen LogP contribution in [-0.2, 0) is 0 Å². The number of aromatic nitrogens is 2. The average molecular weight is 338 g/mol. The summed E-state index contributed by atoms with van der Waals surface area (Å²) in [5.74, 6) is 0.0835. The maximum atomic E-state index is 13.1. The molecule has 0 aliphatic carbocycles. The first-order chi connectivity index (χ1) is 12.3. The van der Waals surface area contributed by atoms with Crippen LogP contribution in [0.1, 0.15) is 43.1 Å². The highest BCUT2D eigenvalue weighted by molar-refractivity contribution is 5.92. The molecule has 25 heavy (non-hydrogen) atoms. The highest BCUT2D eigenvalue weighted by atomic mass is 16.2. The second-order valence-electron chi connectivity index (χ2n) is 7.03. The fraction of sp³-hybridized carbons (Fsp3) is 0.500. The highest BCUT2D eigenvalue weighted by Gasteiger charge is 2.39. The summed E-state index contributed by atoms with van der Waals surface area (Å²) in [6, 6.07) is 12.6. The lowest BCUT2D eigenvalue weighted by Crippen LogP contribution is -2.48. The van der Waals surface area contributed by atoms with Gasteiger partial charge in [0.25, 0.3) is 5.91 Å². The Kier molecular flexibility index (Phi) is 4.57. The molecule has 5 nitrogen and oxygen atoms in total. The maximum Gasteiger partial charge on any atom is 0.274 e. The number of hydrogen-bond acceptors (Lipinski definition) is 3. The largest absolute Gasteiger partial charge is 0.333 e. The van der Waals surface area contributed by atoms with Crippen LogP contribution in [0, 0.1) is 0 Å². The summed E-state index contributed by atoms with van der Waals surface area (Å²) in [6.07, 6.45) is 6.55. The summed E-state index contributed by atoms with van der Waals surface area (Å²) in [5.41, 5.74) is 1.53. The fourth-order valence-corrected chi connectivity index (χ4v) is 4.43. The number of amides is 1. The number of carbonyl (C=O) groups is 1. The van der Waals surface area contributed by atoms with E-state index < -0.39 is 0 Å². The van der Waals surface area contributed by atoms with Crippen LogP contribution in [0.5, 0.6) is 0 Å². The van der Waals surface area contributed by atoms with E-state index in [1.165, 1.54) is 19.4 Å². The van der Waals surface area contributed by atoms with Gasteiger partial charge in [0.05, 0.1) is 5.69 Å². The number of carbonyl (C=O) groups excluding carboxylic acids is 1. The molecule has 1 amide bonds. The molecule has 2 saturated heterocycles. The molecule has 2 unspecified atom stereocenters. The van der Waals surface area contributed by atoms with E-state index in [4.69, 9.17) is 0 Å². The van der Waals surface area contributed by atoms with Crippen LogP contribution in [-0.4, -0.2) is 57.2 Å². The first kappa shape index (κ1) is 16.3. The SMILES string of the molecule is CCN1CCCC1C1CCCN1C(=O)c1ccn(-c2ccccc2)n1. The third-order valence-corrected chi connectivity index (χ3v) is 5.65. The van der Waals surface area contributed by atoms with Gasteiger partial charge < -0.3 is 4.90 Å². The van der Waals surface area contributed by atoms with Crippen molar-refractivity contribution in [3.63, 3.8) is 0 Å². The molecule has 1 aromatic heterocycles. The molecule has 2 aliphatic rings. The van der Waals surface area contributed by atoms with Crippen LogP contribution in [0.3, 0.4) is 0 Å². The number of benzene rings is 1. The van der Waals surface area contributed by atoms with Gasteiger partial charge in [0, 0.05) is 24.8 Å². The summed E-state index contributed by atoms with van der Waals surface area (Å²) in [5, 5.41) is 4.54. The van der Waals surface area contributed by atoms with Gasteiger partial charge in [-0.25, -0.2) is 4.68 Å². The molecule has 2 fully saturated rings. The molecule has 0 radical (unpaired) electrons. The molecule has 0 N–H and O–H groups in total. The monoisotopic (exact) mass is 338 g/mol. The lowest BCUT2D eigenvalue weighted by atomic mass is 10.0. The summed E-state index contributed by atoms with van der Waals surface area (Å²) in [7, 11) is 0. The van der Waals surface area contributed by atoms with Gasteiger partial charge in [-0.05, 0) is 57.0 Å². The lowest BCUT2D eigenvalue weighted by Gasteiger charge is -2.34. The maximum absolute atomic E-state index is 13.1. The van der Waals surface area contributed by atoms with Gasteiger partial charge in [-0.2, -0.15) is 5.10 Å².